The summed E-state index contributed by atoms with van der Waals surface area (Å²) in [5.41, 5.74) is 3.54. The van der Waals surface area contributed by atoms with Crippen molar-refractivity contribution < 1.29 is 28.9 Å². The second kappa shape index (κ2) is 10.5. The molecule has 1 aromatic rings. The Hall–Kier alpha value is -3.55. The lowest BCUT2D eigenvalue weighted by atomic mass is 9.79. The molecule has 2 rings (SSSR count). The number of methoxy groups -OCH3 is 2. The van der Waals surface area contributed by atoms with Gasteiger partial charge in [0, 0.05) is 22.5 Å². The van der Waals surface area contributed by atoms with E-state index in [-0.39, 0.29) is 12.6 Å². The fourth-order valence-corrected chi connectivity index (χ4v) is 3.33. The molecule has 31 heavy (non-hydrogen) atoms. The maximum absolute atomic E-state index is 12.7. The zero-order valence-electron chi connectivity index (χ0n) is 18.7. The Kier molecular flexibility index (Phi) is 8.01. The zero-order chi connectivity index (χ0) is 23.1. The Balaban J connectivity index is 2.60. The van der Waals surface area contributed by atoms with E-state index in [9.17, 15) is 9.90 Å². The second-order valence-corrected chi connectivity index (χ2v) is 6.83. The summed E-state index contributed by atoms with van der Waals surface area (Å²) in [6, 6.07) is 7.23. The molecule has 0 saturated carbocycles. The quantitative estimate of drug-likeness (QED) is 0.290. The SMILES string of the molecule is C=C(COc1ccccc1C1C(C(=O)OC)=C(C)N=C(C)/C1=C(/O)OC)/C(C)=N\OC. The first kappa shape index (κ1) is 23.7. The van der Waals surface area contributed by atoms with Crippen LogP contribution < -0.4 is 4.74 Å². The largest absolute Gasteiger partial charge is 0.489 e. The summed E-state index contributed by atoms with van der Waals surface area (Å²) in [4.78, 5) is 21.9. The van der Waals surface area contributed by atoms with Crippen molar-refractivity contribution in [3.63, 3.8) is 0 Å². The number of aliphatic imine (C=N–C) groups is 1. The Morgan fingerprint density at radius 2 is 1.87 bits per heavy atom. The van der Waals surface area contributed by atoms with Gasteiger partial charge in [-0.25, -0.2) is 4.79 Å². The van der Waals surface area contributed by atoms with Gasteiger partial charge in [-0.15, -0.1) is 0 Å². The molecule has 1 aliphatic rings. The number of oxime groups is 1. The van der Waals surface area contributed by atoms with Crippen LogP contribution in [0.4, 0.5) is 0 Å². The number of aliphatic hydroxyl groups is 1. The Labute approximate surface area is 182 Å². The number of carbonyl (C=O) groups excluding carboxylic acids is 1. The highest BCUT2D eigenvalue weighted by atomic mass is 16.6. The van der Waals surface area contributed by atoms with Crippen LogP contribution in [0.5, 0.6) is 5.75 Å². The van der Waals surface area contributed by atoms with Gasteiger partial charge in [0.1, 0.15) is 19.5 Å². The molecule has 0 amide bonds. The molecule has 1 aromatic carbocycles. The highest BCUT2D eigenvalue weighted by Gasteiger charge is 2.37. The maximum Gasteiger partial charge on any atom is 0.336 e. The van der Waals surface area contributed by atoms with Crippen LogP contribution >= 0.6 is 0 Å². The van der Waals surface area contributed by atoms with Gasteiger partial charge in [-0.3, -0.25) is 4.99 Å². The Morgan fingerprint density at radius 3 is 2.48 bits per heavy atom. The minimum atomic E-state index is -0.705. The summed E-state index contributed by atoms with van der Waals surface area (Å²) < 4.78 is 16.1. The van der Waals surface area contributed by atoms with E-state index in [4.69, 9.17) is 19.0 Å². The average Bonchev–Trinajstić information content (AvgIpc) is 2.76. The average molecular weight is 428 g/mol. The van der Waals surface area contributed by atoms with Crippen molar-refractivity contribution in [1.82, 2.24) is 0 Å². The van der Waals surface area contributed by atoms with E-state index in [2.05, 4.69) is 16.7 Å². The topological polar surface area (TPSA) is 98.9 Å². The maximum atomic E-state index is 12.7. The van der Waals surface area contributed by atoms with Crippen LogP contribution in [0.1, 0.15) is 32.3 Å². The van der Waals surface area contributed by atoms with Crippen molar-refractivity contribution >= 4 is 17.4 Å². The lowest BCUT2D eigenvalue weighted by Gasteiger charge is -2.29. The third kappa shape index (κ3) is 5.14. The molecular weight excluding hydrogens is 400 g/mol. The van der Waals surface area contributed by atoms with E-state index in [1.54, 1.807) is 26.8 Å². The molecule has 1 N–H and O–H groups in total. The fourth-order valence-electron chi connectivity index (χ4n) is 3.33. The van der Waals surface area contributed by atoms with Gasteiger partial charge in [0.05, 0.1) is 37.0 Å². The predicted molar refractivity (Wildman–Crippen MR) is 118 cm³/mol. The van der Waals surface area contributed by atoms with E-state index in [0.717, 1.165) is 0 Å². The van der Waals surface area contributed by atoms with Crippen molar-refractivity contribution in [2.45, 2.75) is 26.7 Å². The molecule has 0 spiro atoms. The number of aliphatic hydroxyl groups excluding tert-OH is 1. The first-order valence-electron chi connectivity index (χ1n) is 9.56. The van der Waals surface area contributed by atoms with Gasteiger partial charge in [0.25, 0.3) is 5.95 Å². The number of carbonyl (C=O) groups is 1. The monoisotopic (exact) mass is 428 g/mol. The van der Waals surface area contributed by atoms with Crippen LogP contribution in [0, 0.1) is 0 Å². The normalized spacial score (nSPS) is 18.2. The van der Waals surface area contributed by atoms with Gasteiger partial charge >= 0.3 is 5.97 Å². The molecular formula is C23H28N2O6. The summed E-state index contributed by atoms with van der Waals surface area (Å²) in [5.74, 6) is -1.09. The van der Waals surface area contributed by atoms with Crippen LogP contribution in [0.3, 0.4) is 0 Å². The van der Waals surface area contributed by atoms with E-state index in [1.165, 1.54) is 21.3 Å². The van der Waals surface area contributed by atoms with Gasteiger partial charge in [0.2, 0.25) is 0 Å². The molecule has 0 radical (unpaired) electrons. The summed E-state index contributed by atoms with van der Waals surface area (Å²) in [5, 5.41) is 14.4. The van der Waals surface area contributed by atoms with E-state index in [0.29, 0.717) is 45.2 Å². The van der Waals surface area contributed by atoms with E-state index in [1.807, 2.05) is 18.2 Å². The Morgan fingerprint density at radius 1 is 1.19 bits per heavy atom. The second-order valence-electron chi connectivity index (χ2n) is 6.83. The van der Waals surface area contributed by atoms with E-state index < -0.39 is 11.9 Å². The molecule has 8 heteroatoms. The smallest absolute Gasteiger partial charge is 0.336 e. The van der Waals surface area contributed by atoms with Crippen molar-refractivity contribution in [2.24, 2.45) is 10.1 Å². The molecule has 0 aromatic heterocycles. The van der Waals surface area contributed by atoms with Crippen molar-refractivity contribution in [3.05, 3.63) is 64.8 Å². The molecule has 0 bridgehead atoms. The predicted octanol–water partition coefficient (Wildman–Crippen LogP) is 4.07. The number of nitrogens with zero attached hydrogens (tertiary/aromatic N) is 2. The minimum absolute atomic E-state index is 0.154. The molecule has 0 aliphatic carbocycles. The lowest BCUT2D eigenvalue weighted by Crippen LogP contribution is -2.25. The first-order valence-corrected chi connectivity index (χ1v) is 9.56. The Bertz CT molecular complexity index is 988. The van der Waals surface area contributed by atoms with Crippen LogP contribution in [-0.4, -0.2) is 50.4 Å². The van der Waals surface area contributed by atoms with Gasteiger partial charge in [-0.1, -0.05) is 29.9 Å². The zero-order valence-corrected chi connectivity index (χ0v) is 18.7. The van der Waals surface area contributed by atoms with Crippen LogP contribution in [0.2, 0.25) is 0 Å². The molecule has 1 atom stereocenters. The van der Waals surface area contributed by atoms with Gasteiger partial charge in [0.15, 0.2) is 0 Å². The van der Waals surface area contributed by atoms with Crippen molar-refractivity contribution in [1.29, 1.82) is 0 Å². The molecule has 1 aliphatic heterocycles. The number of esters is 1. The molecule has 0 saturated heterocycles. The summed E-state index contributed by atoms with van der Waals surface area (Å²) in [6.45, 7) is 9.34. The van der Waals surface area contributed by atoms with Crippen molar-refractivity contribution in [3.8, 4) is 5.75 Å². The van der Waals surface area contributed by atoms with Gasteiger partial charge < -0.3 is 24.2 Å². The summed E-state index contributed by atoms with van der Waals surface area (Å²) in [7, 11) is 4.10. The number of benzene rings is 1. The molecule has 1 unspecified atom stereocenters. The number of hydrogen-bond acceptors (Lipinski definition) is 8. The number of para-hydroxylation sites is 1. The molecule has 8 nitrogen and oxygen atoms in total. The third-order valence-electron chi connectivity index (χ3n) is 4.89. The summed E-state index contributed by atoms with van der Waals surface area (Å²) >= 11 is 0. The number of hydrogen-bond donors (Lipinski definition) is 1. The molecule has 166 valence electrons. The lowest BCUT2D eigenvalue weighted by molar-refractivity contribution is -0.136. The van der Waals surface area contributed by atoms with Crippen LogP contribution in [-0.2, 0) is 19.1 Å². The summed E-state index contributed by atoms with van der Waals surface area (Å²) in [6.07, 6.45) is 0. The molecule has 0 fully saturated rings. The first-order chi connectivity index (χ1) is 14.8. The highest BCUT2D eigenvalue weighted by molar-refractivity contribution is 6.06. The standard InChI is InChI=1S/C23H28N2O6/c1-13(14(2)25-30-7)12-31-18-11-9-8-10-17(18)21-19(22(26)28-5)15(3)24-16(4)20(21)23(27)29-6/h8-11,21,26H,1,12H2,2-7H3/b22-19+,25-14-. The van der Waals surface area contributed by atoms with Crippen LogP contribution in [0.25, 0.3) is 0 Å². The van der Waals surface area contributed by atoms with E-state index >= 15 is 0 Å². The fraction of sp³-hybridized carbons (Fsp3) is 0.348. The number of allylic oxidation sites excluding steroid dienone is 2. The highest BCUT2D eigenvalue weighted by Crippen LogP contribution is 2.43. The van der Waals surface area contributed by atoms with Crippen molar-refractivity contribution in [2.75, 3.05) is 27.9 Å². The number of rotatable bonds is 8. The molecule has 1 heterocycles. The van der Waals surface area contributed by atoms with Crippen LogP contribution in [0.15, 0.2) is 69.4 Å². The number of ether oxygens (including phenoxy) is 3. The minimum Gasteiger partial charge on any atom is -0.489 e. The van der Waals surface area contributed by atoms with Gasteiger partial charge in [-0.2, -0.15) is 0 Å². The van der Waals surface area contributed by atoms with Gasteiger partial charge in [-0.05, 0) is 26.8 Å². The third-order valence-corrected chi connectivity index (χ3v) is 4.89.